The summed E-state index contributed by atoms with van der Waals surface area (Å²) in [5.41, 5.74) is 2.30. The molecule has 0 fully saturated rings. The van der Waals surface area contributed by atoms with Crippen LogP contribution in [0.2, 0.25) is 18.1 Å². The van der Waals surface area contributed by atoms with Gasteiger partial charge in [-0.05, 0) is 42.1 Å². The lowest BCUT2D eigenvalue weighted by molar-refractivity contribution is -0.145. The summed E-state index contributed by atoms with van der Waals surface area (Å²) < 4.78 is 12.1. The van der Waals surface area contributed by atoms with Gasteiger partial charge >= 0.3 is 5.97 Å². The fourth-order valence-corrected chi connectivity index (χ4v) is 4.03. The van der Waals surface area contributed by atoms with Gasteiger partial charge in [-0.25, -0.2) is 0 Å². The maximum atomic E-state index is 12.5. The third kappa shape index (κ3) is 6.92. The Hall–Kier alpha value is -1.91. The quantitative estimate of drug-likeness (QED) is 0.282. The second kappa shape index (κ2) is 10.0. The average Bonchev–Trinajstić information content (AvgIpc) is 2.65. The van der Waals surface area contributed by atoms with E-state index < -0.39 is 8.32 Å². The topological polar surface area (TPSA) is 35.5 Å². The van der Waals surface area contributed by atoms with Gasteiger partial charge < -0.3 is 9.16 Å². The minimum Gasteiger partial charge on any atom is -0.466 e. The van der Waals surface area contributed by atoms with E-state index in [9.17, 15) is 4.79 Å². The van der Waals surface area contributed by atoms with Crippen molar-refractivity contribution in [1.82, 2.24) is 0 Å². The highest BCUT2D eigenvalue weighted by atomic mass is 28.4. The summed E-state index contributed by atoms with van der Waals surface area (Å²) in [7, 11) is -2.01. The van der Waals surface area contributed by atoms with Crippen LogP contribution in [0.3, 0.4) is 0 Å². The molecule has 0 bridgehead atoms. The minimum absolute atomic E-state index is 0.0830. The number of rotatable bonds is 9. The number of hydrogen-bond donors (Lipinski definition) is 0. The summed E-state index contributed by atoms with van der Waals surface area (Å²) in [6, 6.07) is 20.3. The van der Waals surface area contributed by atoms with Crippen molar-refractivity contribution in [2.24, 2.45) is 0 Å². The van der Waals surface area contributed by atoms with Crippen molar-refractivity contribution >= 4 is 14.3 Å². The summed E-state index contributed by atoms with van der Waals surface area (Å²) >= 11 is 0. The van der Waals surface area contributed by atoms with Crippen LogP contribution < -0.4 is 0 Å². The molecule has 0 radical (unpaired) electrons. The van der Waals surface area contributed by atoms with E-state index in [1.165, 1.54) is 5.56 Å². The minimum atomic E-state index is -2.01. The highest BCUT2D eigenvalue weighted by Gasteiger charge is 2.40. The van der Waals surface area contributed by atoms with Crippen molar-refractivity contribution in [3.05, 3.63) is 71.8 Å². The second-order valence-corrected chi connectivity index (χ2v) is 13.5. The fraction of sp³-hybridized carbons (Fsp3) is 0.458. The lowest BCUT2D eigenvalue weighted by Gasteiger charge is -2.39. The maximum absolute atomic E-state index is 12.5. The Balaban J connectivity index is 1.93. The van der Waals surface area contributed by atoms with E-state index in [1.807, 2.05) is 48.5 Å². The van der Waals surface area contributed by atoms with Gasteiger partial charge in [0.1, 0.15) is 0 Å². The Morgan fingerprint density at radius 2 is 1.54 bits per heavy atom. The highest BCUT2D eigenvalue weighted by Crippen LogP contribution is 2.40. The van der Waals surface area contributed by atoms with E-state index in [4.69, 9.17) is 9.16 Å². The lowest BCUT2D eigenvalue weighted by atomic mass is 10.1. The van der Waals surface area contributed by atoms with Crippen molar-refractivity contribution in [3.8, 4) is 0 Å². The normalized spacial score (nSPS) is 13.2. The Bertz CT molecular complexity index is 721. The summed E-state index contributed by atoms with van der Waals surface area (Å²) in [4.78, 5) is 12.5. The maximum Gasteiger partial charge on any atom is 0.308 e. The molecule has 1 unspecified atom stereocenters. The smallest absolute Gasteiger partial charge is 0.308 e. The van der Waals surface area contributed by atoms with Crippen LogP contribution in [-0.2, 0) is 20.4 Å². The summed E-state index contributed by atoms with van der Waals surface area (Å²) in [6.07, 6.45) is 1.73. The van der Waals surface area contributed by atoms with Crippen LogP contribution in [0.15, 0.2) is 60.7 Å². The third-order valence-electron chi connectivity index (χ3n) is 5.48. The summed E-state index contributed by atoms with van der Waals surface area (Å²) in [5.74, 6) is -0.194. The van der Waals surface area contributed by atoms with Crippen LogP contribution in [0.4, 0.5) is 0 Å². The number of hydrogen-bond acceptors (Lipinski definition) is 3. The molecule has 0 amide bonds. The molecule has 152 valence electrons. The number of ether oxygens (including phenoxy) is 1. The van der Waals surface area contributed by atoms with E-state index in [-0.39, 0.29) is 23.5 Å². The molecule has 28 heavy (non-hydrogen) atoms. The molecule has 2 rings (SSSR count). The average molecular weight is 399 g/mol. The molecule has 4 heteroatoms. The summed E-state index contributed by atoms with van der Waals surface area (Å²) in [6.45, 7) is 11.5. The van der Waals surface area contributed by atoms with Gasteiger partial charge in [-0.3, -0.25) is 4.79 Å². The molecule has 0 aliphatic heterocycles. The first kappa shape index (κ1) is 22.4. The molecule has 0 saturated heterocycles. The van der Waals surface area contributed by atoms with Crippen LogP contribution in [-0.4, -0.2) is 20.9 Å². The Kier molecular flexibility index (Phi) is 8.02. The molecule has 2 aromatic carbocycles. The Labute approximate surface area is 171 Å². The molecule has 2 aromatic rings. The van der Waals surface area contributed by atoms with Crippen LogP contribution in [0.5, 0.6) is 0 Å². The fourth-order valence-electron chi connectivity index (χ4n) is 2.74. The van der Waals surface area contributed by atoms with E-state index in [1.54, 1.807) is 0 Å². The van der Waals surface area contributed by atoms with Crippen LogP contribution in [0, 0.1) is 0 Å². The number of carbonyl (C=O) groups is 1. The number of aryl methyl sites for hydroxylation is 1. The van der Waals surface area contributed by atoms with E-state index in [0.717, 1.165) is 18.4 Å². The highest BCUT2D eigenvalue weighted by molar-refractivity contribution is 6.74. The van der Waals surface area contributed by atoms with Crippen molar-refractivity contribution in [2.45, 2.75) is 64.3 Å². The second-order valence-electron chi connectivity index (χ2n) is 8.79. The van der Waals surface area contributed by atoms with Crippen LogP contribution in [0.25, 0.3) is 0 Å². The van der Waals surface area contributed by atoms with Gasteiger partial charge in [-0.2, -0.15) is 0 Å². The van der Waals surface area contributed by atoms with E-state index in [0.29, 0.717) is 6.61 Å². The zero-order chi connectivity index (χ0) is 20.6. The molecule has 3 nitrogen and oxygen atoms in total. The van der Waals surface area contributed by atoms with E-state index in [2.05, 4.69) is 46.0 Å². The van der Waals surface area contributed by atoms with Gasteiger partial charge in [0.15, 0.2) is 8.32 Å². The largest absolute Gasteiger partial charge is 0.466 e. The molecule has 0 spiro atoms. The predicted molar refractivity (Wildman–Crippen MR) is 118 cm³/mol. The van der Waals surface area contributed by atoms with Gasteiger partial charge in [0.25, 0.3) is 0 Å². The van der Waals surface area contributed by atoms with Gasteiger partial charge in [0.2, 0.25) is 0 Å². The lowest BCUT2D eigenvalue weighted by Crippen LogP contribution is -2.42. The standard InChI is InChI=1S/C24H34O3Si/c1-24(2,3)28(4,5)27-22(21-16-10-7-11-17-21)19-23(25)26-18-12-15-20-13-8-6-9-14-20/h6-11,13-14,16-17,22H,12,15,18-19H2,1-5H3. The number of carbonyl (C=O) groups excluding carboxylic acids is 1. The first-order chi connectivity index (χ1) is 13.2. The molecule has 0 saturated carbocycles. The molecule has 0 aliphatic carbocycles. The first-order valence-electron chi connectivity index (χ1n) is 10.1. The van der Waals surface area contributed by atoms with E-state index >= 15 is 0 Å². The molecule has 0 aliphatic rings. The zero-order valence-electron chi connectivity index (χ0n) is 17.9. The molecular formula is C24H34O3Si. The van der Waals surface area contributed by atoms with Gasteiger partial charge in [0.05, 0.1) is 19.1 Å². The van der Waals surface area contributed by atoms with Crippen LogP contribution in [0.1, 0.15) is 50.8 Å². The zero-order valence-corrected chi connectivity index (χ0v) is 18.9. The monoisotopic (exact) mass is 398 g/mol. The van der Waals surface area contributed by atoms with Gasteiger partial charge in [0, 0.05) is 0 Å². The molecule has 0 N–H and O–H groups in total. The van der Waals surface area contributed by atoms with Gasteiger partial charge in [-0.15, -0.1) is 0 Å². The number of esters is 1. The Morgan fingerprint density at radius 3 is 2.11 bits per heavy atom. The molecule has 0 heterocycles. The molecule has 1 atom stereocenters. The SMILES string of the molecule is CC(C)(C)[Si](C)(C)OC(CC(=O)OCCCc1ccccc1)c1ccccc1. The van der Waals surface area contributed by atoms with Crippen LogP contribution >= 0.6 is 0 Å². The van der Waals surface area contributed by atoms with Gasteiger partial charge in [-0.1, -0.05) is 81.4 Å². The Morgan fingerprint density at radius 1 is 0.964 bits per heavy atom. The summed E-state index contributed by atoms with van der Waals surface area (Å²) in [5, 5.41) is 0.0830. The number of benzene rings is 2. The predicted octanol–water partition coefficient (Wildman–Crippen LogP) is 6.32. The van der Waals surface area contributed by atoms with Crippen molar-refractivity contribution in [1.29, 1.82) is 0 Å². The third-order valence-corrected chi connectivity index (χ3v) is 9.97. The first-order valence-corrected chi connectivity index (χ1v) is 13.0. The molecular weight excluding hydrogens is 364 g/mol. The molecule has 0 aromatic heterocycles. The van der Waals surface area contributed by atoms with Crippen molar-refractivity contribution in [3.63, 3.8) is 0 Å². The van der Waals surface area contributed by atoms with Crippen molar-refractivity contribution < 1.29 is 14.0 Å². The van der Waals surface area contributed by atoms with Crippen molar-refractivity contribution in [2.75, 3.05) is 6.61 Å².